The van der Waals surface area contributed by atoms with E-state index in [4.69, 9.17) is 4.74 Å². The second kappa shape index (κ2) is 8.56. The fraction of sp³-hybridized carbons (Fsp3) is 0.0690. The second-order valence-electron chi connectivity index (χ2n) is 7.67. The van der Waals surface area contributed by atoms with E-state index in [1.54, 1.807) is 0 Å². The molecule has 0 aliphatic carbocycles. The van der Waals surface area contributed by atoms with E-state index in [1.807, 2.05) is 37.3 Å². The highest BCUT2D eigenvalue weighted by atomic mass is 16.5. The van der Waals surface area contributed by atoms with Crippen LogP contribution in [0.2, 0.25) is 0 Å². The van der Waals surface area contributed by atoms with Crippen LogP contribution in [0.5, 0.6) is 0 Å². The normalized spacial score (nSPS) is 10.9. The summed E-state index contributed by atoms with van der Waals surface area (Å²) < 4.78 is 5.10. The predicted octanol–water partition coefficient (Wildman–Crippen LogP) is 7.35. The van der Waals surface area contributed by atoms with Gasteiger partial charge in [0.1, 0.15) is 0 Å². The summed E-state index contributed by atoms with van der Waals surface area (Å²) in [7, 11) is 0. The molecular weight excluding hydrogens is 394 g/mol. The Morgan fingerprint density at radius 2 is 1.41 bits per heavy atom. The van der Waals surface area contributed by atoms with Crippen LogP contribution in [0.3, 0.4) is 0 Å². The topological polar surface area (TPSA) is 42.1 Å². The molecule has 0 aliphatic heterocycles. The highest BCUT2D eigenvalue weighted by Crippen LogP contribution is 2.39. The van der Waals surface area contributed by atoms with Gasteiger partial charge in [0.05, 0.1) is 17.9 Å². The maximum absolute atomic E-state index is 12.0. The molecule has 3 nitrogen and oxygen atoms in total. The van der Waals surface area contributed by atoms with Crippen molar-refractivity contribution in [2.75, 3.05) is 6.61 Å². The van der Waals surface area contributed by atoms with Crippen molar-refractivity contribution in [3.63, 3.8) is 0 Å². The molecule has 0 unspecified atom stereocenters. The van der Waals surface area contributed by atoms with Gasteiger partial charge in [0, 0.05) is 16.5 Å². The summed E-state index contributed by atoms with van der Waals surface area (Å²) in [5.41, 5.74) is 8.44. The Hall–Kier alpha value is -4.11. The summed E-state index contributed by atoms with van der Waals surface area (Å²) in [5.74, 6) is -0.293. The Kier molecular flexibility index (Phi) is 5.30. The van der Waals surface area contributed by atoms with Gasteiger partial charge in [-0.05, 0) is 53.4 Å². The lowest BCUT2D eigenvalue weighted by Gasteiger charge is -2.09. The Morgan fingerprint density at radius 3 is 2.19 bits per heavy atom. The monoisotopic (exact) mass is 417 g/mol. The number of esters is 1. The number of benzene rings is 4. The van der Waals surface area contributed by atoms with Crippen molar-refractivity contribution in [3.05, 3.63) is 109 Å². The first-order valence-corrected chi connectivity index (χ1v) is 10.8. The van der Waals surface area contributed by atoms with E-state index in [0.29, 0.717) is 12.2 Å². The lowest BCUT2D eigenvalue weighted by atomic mass is 9.95. The van der Waals surface area contributed by atoms with Crippen molar-refractivity contribution in [1.29, 1.82) is 0 Å². The molecular formula is C29H23NO2. The Balaban J connectivity index is 1.60. The summed E-state index contributed by atoms with van der Waals surface area (Å²) in [6.45, 7) is 2.18. The third-order valence-electron chi connectivity index (χ3n) is 5.65. The number of aromatic amines is 1. The van der Waals surface area contributed by atoms with Crippen molar-refractivity contribution in [1.82, 2.24) is 4.98 Å². The van der Waals surface area contributed by atoms with Gasteiger partial charge in [0.15, 0.2) is 0 Å². The minimum absolute atomic E-state index is 0.293. The third kappa shape index (κ3) is 3.69. The molecule has 1 aromatic heterocycles. The van der Waals surface area contributed by atoms with E-state index in [9.17, 15) is 4.79 Å². The fourth-order valence-electron chi connectivity index (χ4n) is 4.13. The van der Waals surface area contributed by atoms with Crippen molar-refractivity contribution in [2.24, 2.45) is 0 Å². The molecule has 3 heteroatoms. The van der Waals surface area contributed by atoms with Gasteiger partial charge in [0.2, 0.25) is 0 Å². The summed E-state index contributed by atoms with van der Waals surface area (Å²) in [4.78, 5) is 15.6. The molecule has 0 saturated heterocycles. The first-order chi connectivity index (χ1) is 15.7. The third-order valence-corrected chi connectivity index (χ3v) is 5.65. The van der Waals surface area contributed by atoms with Gasteiger partial charge in [-0.15, -0.1) is 0 Å². The van der Waals surface area contributed by atoms with Crippen LogP contribution in [0, 0.1) is 0 Å². The van der Waals surface area contributed by atoms with Crippen molar-refractivity contribution < 1.29 is 9.53 Å². The molecule has 0 atom stereocenters. The summed E-state index contributed by atoms with van der Waals surface area (Å²) >= 11 is 0. The molecule has 0 spiro atoms. The van der Waals surface area contributed by atoms with Gasteiger partial charge < -0.3 is 9.72 Å². The zero-order chi connectivity index (χ0) is 21.9. The van der Waals surface area contributed by atoms with Gasteiger partial charge >= 0.3 is 5.97 Å². The van der Waals surface area contributed by atoms with Crippen LogP contribution in [0.4, 0.5) is 0 Å². The number of aromatic nitrogens is 1. The highest BCUT2D eigenvalue weighted by Gasteiger charge is 2.15. The molecule has 1 N–H and O–H groups in total. The number of rotatable bonds is 5. The number of para-hydroxylation sites is 1. The standard InChI is InChI=1S/C29H23NO2/c1-2-32-29(31)22-17-15-20(16-18-22)23-11-8-12-24(19-23)27-25-13-6-7-14-26(25)30-28(27)21-9-4-3-5-10-21/h3-19,30H,2H2,1H3. The first-order valence-electron chi connectivity index (χ1n) is 10.8. The molecule has 0 fully saturated rings. The van der Waals surface area contributed by atoms with E-state index < -0.39 is 0 Å². The van der Waals surface area contributed by atoms with E-state index in [2.05, 4.69) is 77.8 Å². The fourth-order valence-corrected chi connectivity index (χ4v) is 4.13. The smallest absolute Gasteiger partial charge is 0.338 e. The zero-order valence-electron chi connectivity index (χ0n) is 17.8. The van der Waals surface area contributed by atoms with Crippen LogP contribution < -0.4 is 0 Å². The van der Waals surface area contributed by atoms with Gasteiger partial charge in [-0.2, -0.15) is 0 Å². The predicted molar refractivity (Wildman–Crippen MR) is 131 cm³/mol. The zero-order valence-corrected chi connectivity index (χ0v) is 17.8. The molecule has 0 radical (unpaired) electrons. The number of H-pyrrole nitrogens is 1. The largest absolute Gasteiger partial charge is 0.462 e. The summed E-state index contributed by atoms with van der Waals surface area (Å²) in [6, 6.07) is 35.0. The SMILES string of the molecule is CCOC(=O)c1ccc(-c2cccc(-c3c(-c4ccccc4)[nH]c4ccccc34)c2)cc1. The number of fused-ring (bicyclic) bond motifs is 1. The van der Waals surface area contributed by atoms with Crippen LogP contribution >= 0.6 is 0 Å². The number of hydrogen-bond acceptors (Lipinski definition) is 2. The van der Waals surface area contributed by atoms with Gasteiger partial charge in [-0.1, -0.05) is 78.9 Å². The lowest BCUT2D eigenvalue weighted by Crippen LogP contribution is -2.03. The Morgan fingerprint density at radius 1 is 0.719 bits per heavy atom. The van der Waals surface area contributed by atoms with Crippen LogP contribution in [0.1, 0.15) is 17.3 Å². The number of nitrogens with one attached hydrogen (secondary N) is 1. The molecule has 0 aliphatic rings. The number of carbonyl (C=O) groups is 1. The molecule has 32 heavy (non-hydrogen) atoms. The van der Waals surface area contributed by atoms with E-state index in [1.165, 1.54) is 10.9 Å². The summed E-state index contributed by atoms with van der Waals surface area (Å²) in [6.07, 6.45) is 0. The van der Waals surface area contributed by atoms with Gasteiger partial charge in [0.25, 0.3) is 0 Å². The van der Waals surface area contributed by atoms with Gasteiger partial charge in [-0.25, -0.2) is 4.79 Å². The first kappa shape index (κ1) is 19.8. The Labute approximate surface area is 187 Å². The van der Waals surface area contributed by atoms with E-state index in [0.717, 1.165) is 33.5 Å². The molecule has 0 amide bonds. The number of carbonyl (C=O) groups excluding carboxylic acids is 1. The van der Waals surface area contributed by atoms with E-state index in [-0.39, 0.29) is 5.97 Å². The molecule has 4 aromatic carbocycles. The quantitative estimate of drug-likeness (QED) is 0.304. The average molecular weight is 418 g/mol. The number of hydrogen-bond donors (Lipinski definition) is 1. The Bertz CT molecular complexity index is 1380. The second-order valence-corrected chi connectivity index (χ2v) is 7.67. The molecule has 1 heterocycles. The maximum Gasteiger partial charge on any atom is 0.338 e. The van der Waals surface area contributed by atoms with Crippen molar-refractivity contribution in [3.8, 4) is 33.5 Å². The van der Waals surface area contributed by atoms with Crippen LogP contribution in [-0.4, -0.2) is 17.6 Å². The molecule has 0 bridgehead atoms. The van der Waals surface area contributed by atoms with Crippen LogP contribution in [-0.2, 0) is 4.74 Å². The van der Waals surface area contributed by atoms with Crippen LogP contribution in [0.15, 0.2) is 103 Å². The van der Waals surface area contributed by atoms with Gasteiger partial charge in [-0.3, -0.25) is 0 Å². The maximum atomic E-state index is 12.0. The molecule has 156 valence electrons. The molecule has 0 saturated carbocycles. The van der Waals surface area contributed by atoms with Crippen molar-refractivity contribution in [2.45, 2.75) is 6.92 Å². The van der Waals surface area contributed by atoms with E-state index >= 15 is 0 Å². The van der Waals surface area contributed by atoms with Crippen LogP contribution in [0.25, 0.3) is 44.4 Å². The number of ether oxygens (including phenoxy) is 1. The molecule has 5 aromatic rings. The minimum Gasteiger partial charge on any atom is -0.462 e. The minimum atomic E-state index is -0.293. The highest BCUT2D eigenvalue weighted by molar-refractivity contribution is 6.04. The summed E-state index contributed by atoms with van der Waals surface area (Å²) in [5, 5.41) is 1.20. The van der Waals surface area contributed by atoms with Crippen molar-refractivity contribution >= 4 is 16.9 Å². The molecule has 5 rings (SSSR count). The average Bonchev–Trinajstić information content (AvgIpc) is 3.25. The lowest BCUT2D eigenvalue weighted by molar-refractivity contribution is 0.0526.